The zero-order chi connectivity index (χ0) is 24.5. The van der Waals surface area contributed by atoms with E-state index in [1.54, 1.807) is 30.3 Å². The zero-order valence-corrected chi connectivity index (χ0v) is 19.2. The molecule has 5 aromatic rings. The monoisotopic (exact) mass is 474 g/mol. The SMILES string of the molecule is O=[N+]([O-])c1ccccc1-c1ccc([C@@H]2Nc3ccccc3C(c3ccccc3)(c3ccccc3)O2)o1. The second-order valence-corrected chi connectivity index (χ2v) is 8.58. The van der Waals surface area contributed by atoms with Crippen LogP contribution in [0.5, 0.6) is 0 Å². The van der Waals surface area contributed by atoms with Gasteiger partial charge in [0.05, 0.1) is 10.5 Å². The number of hydrogen-bond acceptors (Lipinski definition) is 5. The van der Waals surface area contributed by atoms with E-state index in [4.69, 9.17) is 9.15 Å². The average molecular weight is 475 g/mol. The van der Waals surface area contributed by atoms with Crippen molar-refractivity contribution in [1.82, 2.24) is 0 Å². The van der Waals surface area contributed by atoms with Crippen molar-refractivity contribution in [2.24, 2.45) is 0 Å². The van der Waals surface area contributed by atoms with Crippen LogP contribution in [-0.2, 0) is 10.3 Å². The fourth-order valence-electron chi connectivity index (χ4n) is 4.90. The van der Waals surface area contributed by atoms with Crippen molar-refractivity contribution < 1.29 is 14.1 Å². The second kappa shape index (κ2) is 8.83. The van der Waals surface area contributed by atoms with Gasteiger partial charge in [-0.2, -0.15) is 0 Å². The van der Waals surface area contributed by atoms with Crippen LogP contribution in [0.25, 0.3) is 11.3 Å². The van der Waals surface area contributed by atoms with E-state index in [1.807, 2.05) is 54.6 Å². The molecular formula is C30H22N2O4. The van der Waals surface area contributed by atoms with Gasteiger partial charge in [-0.25, -0.2) is 0 Å². The number of para-hydroxylation sites is 2. The number of anilines is 1. The smallest absolute Gasteiger partial charge is 0.280 e. The summed E-state index contributed by atoms with van der Waals surface area (Å²) in [6.07, 6.45) is -0.642. The third kappa shape index (κ3) is 3.56. The molecule has 0 aliphatic carbocycles. The van der Waals surface area contributed by atoms with E-state index in [-0.39, 0.29) is 5.69 Å². The number of rotatable bonds is 5. The van der Waals surface area contributed by atoms with Gasteiger partial charge in [0.1, 0.15) is 11.4 Å². The highest BCUT2D eigenvalue weighted by Gasteiger charge is 2.45. The van der Waals surface area contributed by atoms with Crippen LogP contribution in [0.4, 0.5) is 11.4 Å². The van der Waals surface area contributed by atoms with Crippen LogP contribution in [0.1, 0.15) is 28.7 Å². The third-order valence-electron chi connectivity index (χ3n) is 6.50. The fraction of sp³-hybridized carbons (Fsp3) is 0.0667. The van der Waals surface area contributed by atoms with Crippen molar-refractivity contribution in [3.8, 4) is 11.3 Å². The molecule has 0 saturated carbocycles. The molecule has 6 rings (SSSR count). The molecular weight excluding hydrogens is 452 g/mol. The molecule has 6 nitrogen and oxygen atoms in total. The Morgan fingerprint density at radius 1 is 0.722 bits per heavy atom. The number of nitro benzene ring substituents is 1. The molecule has 0 radical (unpaired) electrons. The number of nitrogens with zero attached hydrogens (tertiary/aromatic N) is 1. The van der Waals surface area contributed by atoms with Gasteiger partial charge in [0.2, 0.25) is 0 Å². The lowest BCUT2D eigenvalue weighted by atomic mass is 9.78. The molecule has 176 valence electrons. The standard InChI is InChI=1S/C30H22N2O4/c33-32(34)26-18-10-7-15-23(26)27-19-20-28(35-27)29-31-25-17-9-8-16-24(25)30(36-29,21-11-3-1-4-12-21)22-13-5-2-6-14-22/h1-20,29,31H/t29-/m1/s1. The van der Waals surface area contributed by atoms with Crippen LogP contribution in [0, 0.1) is 10.1 Å². The van der Waals surface area contributed by atoms with Crippen molar-refractivity contribution in [2.75, 3.05) is 5.32 Å². The summed E-state index contributed by atoms with van der Waals surface area (Å²) in [4.78, 5) is 11.2. The Morgan fingerprint density at radius 3 is 2.03 bits per heavy atom. The zero-order valence-electron chi connectivity index (χ0n) is 19.2. The summed E-state index contributed by atoms with van der Waals surface area (Å²) in [6.45, 7) is 0. The van der Waals surface area contributed by atoms with Crippen molar-refractivity contribution >= 4 is 11.4 Å². The highest BCUT2D eigenvalue weighted by molar-refractivity contribution is 5.70. The van der Waals surface area contributed by atoms with Crippen LogP contribution < -0.4 is 5.32 Å². The van der Waals surface area contributed by atoms with Crippen LogP contribution >= 0.6 is 0 Å². The third-order valence-corrected chi connectivity index (χ3v) is 6.50. The molecule has 1 N–H and O–H groups in total. The van der Waals surface area contributed by atoms with Gasteiger partial charge in [0.25, 0.3) is 5.69 Å². The molecule has 6 heteroatoms. The number of benzene rings is 4. The number of hydrogen-bond donors (Lipinski definition) is 1. The average Bonchev–Trinajstić information content (AvgIpc) is 3.44. The molecule has 0 saturated heterocycles. The normalized spacial score (nSPS) is 16.1. The summed E-state index contributed by atoms with van der Waals surface area (Å²) in [5.74, 6) is 0.931. The van der Waals surface area contributed by atoms with E-state index < -0.39 is 16.8 Å². The predicted octanol–water partition coefficient (Wildman–Crippen LogP) is 7.29. The van der Waals surface area contributed by atoms with Crippen molar-refractivity contribution in [3.05, 3.63) is 154 Å². The second-order valence-electron chi connectivity index (χ2n) is 8.58. The van der Waals surface area contributed by atoms with E-state index in [0.29, 0.717) is 17.1 Å². The van der Waals surface area contributed by atoms with Gasteiger partial charge < -0.3 is 14.5 Å². The summed E-state index contributed by atoms with van der Waals surface area (Å²) in [6, 6.07) is 38.4. The molecule has 1 aromatic heterocycles. The van der Waals surface area contributed by atoms with E-state index >= 15 is 0 Å². The fourth-order valence-corrected chi connectivity index (χ4v) is 4.90. The van der Waals surface area contributed by atoms with Gasteiger partial charge in [-0.3, -0.25) is 10.1 Å². The lowest BCUT2D eigenvalue weighted by Crippen LogP contribution is -2.40. The van der Waals surface area contributed by atoms with Crippen molar-refractivity contribution in [3.63, 3.8) is 0 Å². The number of nitro groups is 1. The highest BCUT2D eigenvalue weighted by atomic mass is 16.6. The Labute approximate surface area is 207 Å². The molecule has 1 atom stereocenters. The Bertz CT molecular complexity index is 1490. The first-order chi connectivity index (χ1) is 17.7. The number of fused-ring (bicyclic) bond motifs is 1. The first kappa shape index (κ1) is 21.8. The van der Waals surface area contributed by atoms with E-state index in [0.717, 1.165) is 22.4 Å². The summed E-state index contributed by atoms with van der Waals surface area (Å²) >= 11 is 0. The topological polar surface area (TPSA) is 77.5 Å². The lowest BCUT2D eigenvalue weighted by molar-refractivity contribution is -0.384. The molecule has 0 spiro atoms. The van der Waals surface area contributed by atoms with Gasteiger partial charge in [-0.05, 0) is 35.4 Å². The van der Waals surface area contributed by atoms with Gasteiger partial charge >= 0.3 is 0 Å². The molecule has 36 heavy (non-hydrogen) atoms. The number of nitrogens with one attached hydrogen (secondary N) is 1. The van der Waals surface area contributed by atoms with Gasteiger partial charge in [-0.15, -0.1) is 0 Å². The van der Waals surface area contributed by atoms with Crippen molar-refractivity contribution in [2.45, 2.75) is 11.8 Å². The molecule has 2 heterocycles. The Kier molecular flexibility index (Phi) is 5.36. The maximum Gasteiger partial charge on any atom is 0.280 e. The first-order valence-electron chi connectivity index (χ1n) is 11.7. The minimum atomic E-state index is -0.902. The summed E-state index contributed by atoms with van der Waals surface area (Å²) in [7, 11) is 0. The molecule has 0 amide bonds. The van der Waals surface area contributed by atoms with E-state index in [9.17, 15) is 10.1 Å². The summed E-state index contributed by atoms with van der Waals surface area (Å²) in [5.41, 5.74) is 3.39. The number of furan rings is 1. The quantitative estimate of drug-likeness (QED) is 0.214. The first-order valence-corrected chi connectivity index (χ1v) is 11.7. The summed E-state index contributed by atoms with van der Waals surface area (Å²) in [5, 5.41) is 15.0. The Hall–Kier alpha value is -4.68. The maximum absolute atomic E-state index is 11.6. The molecule has 0 fully saturated rings. The van der Waals surface area contributed by atoms with Crippen LogP contribution in [0.3, 0.4) is 0 Å². The molecule has 0 unspecified atom stereocenters. The lowest BCUT2D eigenvalue weighted by Gasteiger charge is -2.43. The van der Waals surface area contributed by atoms with Gasteiger partial charge in [0, 0.05) is 17.3 Å². The largest absolute Gasteiger partial charge is 0.456 e. The van der Waals surface area contributed by atoms with Crippen LogP contribution in [0.15, 0.2) is 126 Å². The maximum atomic E-state index is 11.6. The predicted molar refractivity (Wildman–Crippen MR) is 137 cm³/mol. The minimum absolute atomic E-state index is 0.0100. The number of ether oxygens (including phenoxy) is 1. The molecule has 4 aromatic carbocycles. The van der Waals surface area contributed by atoms with Crippen LogP contribution in [0.2, 0.25) is 0 Å². The van der Waals surface area contributed by atoms with Gasteiger partial charge in [-0.1, -0.05) is 91.0 Å². The van der Waals surface area contributed by atoms with Crippen molar-refractivity contribution in [1.29, 1.82) is 0 Å². The van der Waals surface area contributed by atoms with E-state index in [1.165, 1.54) is 6.07 Å². The Balaban J connectivity index is 1.50. The summed E-state index contributed by atoms with van der Waals surface area (Å²) < 4.78 is 13.1. The van der Waals surface area contributed by atoms with Gasteiger partial charge in [0.15, 0.2) is 12.0 Å². The van der Waals surface area contributed by atoms with E-state index in [2.05, 4.69) is 35.6 Å². The molecule has 1 aliphatic heterocycles. The highest BCUT2D eigenvalue weighted by Crippen LogP contribution is 2.50. The Morgan fingerprint density at radius 2 is 1.33 bits per heavy atom. The molecule has 0 bridgehead atoms. The minimum Gasteiger partial charge on any atom is -0.456 e. The van der Waals surface area contributed by atoms with Crippen LogP contribution in [-0.4, -0.2) is 4.92 Å². The molecule has 1 aliphatic rings.